The number of nitrogens with one attached hydrogen (secondary N) is 2. The number of para-hydroxylation sites is 1. The number of urea groups is 1. The highest BCUT2D eigenvalue weighted by Crippen LogP contribution is 2.36. The quantitative estimate of drug-likeness (QED) is 0.702. The van der Waals surface area contributed by atoms with Crippen LogP contribution < -0.4 is 15.4 Å². The molecule has 2 aliphatic heterocycles. The number of hydrogen-bond donors (Lipinski definition) is 2. The molecule has 4 rings (SSSR count). The second-order valence-electron chi connectivity index (χ2n) is 7.84. The predicted octanol–water partition coefficient (Wildman–Crippen LogP) is 3.13. The van der Waals surface area contributed by atoms with Gasteiger partial charge in [-0.25, -0.2) is 4.79 Å². The molecule has 4 unspecified atom stereocenters. The molecular weight excluding hydrogens is 424 g/mol. The van der Waals surface area contributed by atoms with Crippen molar-refractivity contribution in [2.45, 2.75) is 17.7 Å². The molecule has 3 amide bonds. The van der Waals surface area contributed by atoms with Gasteiger partial charge in [0.2, 0.25) is 5.91 Å². The lowest BCUT2D eigenvalue weighted by atomic mass is 9.95. The maximum Gasteiger partial charge on any atom is 0.327 e. The summed E-state index contributed by atoms with van der Waals surface area (Å²) >= 11 is 1.66. The van der Waals surface area contributed by atoms with Crippen LogP contribution in [-0.4, -0.2) is 60.2 Å². The van der Waals surface area contributed by atoms with Crippen LogP contribution in [0.1, 0.15) is 17.3 Å². The van der Waals surface area contributed by atoms with E-state index in [1.54, 1.807) is 37.9 Å². The summed E-state index contributed by atoms with van der Waals surface area (Å²) in [6, 6.07) is 17.6. The Labute approximate surface area is 192 Å². The van der Waals surface area contributed by atoms with E-state index in [2.05, 4.69) is 34.9 Å². The number of ether oxygens (including phenoxy) is 1. The van der Waals surface area contributed by atoms with Gasteiger partial charge in [0.1, 0.15) is 5.75 Å². The summed E-state index contributed by atoms with van der Waals surface area (Å²) in [4.78, 5) is 28.5. The molecule has 32 heavy (non-hydrogen) atoms. The highest BCUT2D eigenvalue weighted by atomic mass is 32.2. The van der Waals surface area contributed by atoms with E-state index in [1.165, 1.54) is 4.90 Å². The van der Waals surface area contributed by atoms with E-state index in [4.69, 9.17) is 4.74 Å². The SMILES string of the molecule is COc1ccccc1C1NC(SC/C=C/c2ccccc2)C2C(=O)N(C)C(=O)N(C)C2N1. The topological polar surface area (TPSA) is 73.9 Å². The van der Waals surface area contributed by atoms with E-state index in [0.29, 0.717) is 0 Å². The third kappa shape index (κ3) is 4.39. The predicted molar refractivity (Wildman–Crippen MR) is 127 cm³/mol. The van der Waals surface area contributed by atoms with Crippen LogP contribution in [0.15, 0.2) is 60.7 Å². The van der Waals surface area contributed by atoms with Crippen molar-refractivity contribution < 1.29 is 14.3 Å². The van der Waals surface area contributed by atoms with Crippen LogP contribution in [0, 0.1) is 5.92 Å². The van der Waals surface area contributed by atoms with Crippen molar-refractivity contribution in [3.63, 3.8) is 0 Å². The Morgan fingerprint density at radius 3 is 2.50 bits per heavy atom. The summed E-state index contributed by atoms with van der Waals surface area (Å²) in [5.74, 6) is 0.880. The summed E-state index contributed by atoms with van der Waals surface area (Å²) in [5.41, 5.74) is 2.07. The van der Waals surface area contributed by atoms with Crippen molar-refractivity contribution in [3.05, 3.63) is 71.8 Å². The molecule has 4 atom stereocenters. The molecular formula is C24H28N4O3S. The van der Waals surface area contributed by atoms with Gasteiger partial charge in [-0.3, -0.25) is 20.3 Å². The van der Waals surface area contributed by atoms with Crippen molar-refractivity contribution in [3.8, 4) is 5.75 Å². The minimum atomic E-state index is -0.419. The van der Waals surface area contributed by atoms with Crippen molar-refractivity contribution in [1.82, 2.24) is 20.4 Å². The zero-order valence-electron chi connectivity index (χ0n) is 18.4. The van der Waals surface area contributed by atoms with Crippen molar-refractivity contribution in [2.75, 3.05) is 27.0 Å². The molecule has 2 N–H and O–H groups in total. The molecule has 2 heterocycles. The zero-order valence-corrected chi connectivity index (χ0v) is 19.2. The molecule has 0 bridgehead atoms. The molecule has 8 heteroatoms. The number of hydrogen-bond acceptors (Lipinski definition) is 6. The van der Waals surface area contributed by atoms with Crippen LogP contribution in [-0.2, 0) is 4.79 Å². The number of rotatable bonds is 6. The number of nitrogens with zero attached hydrogens (tertiary/aromatic N) is 2. The molecule has 2 aromatic rings. The lowest BCUT2D eigenvalue weighted by Crippen LogP contribution is -2.72. The zero-order chi connectivity index (χ0) is 22.7. The molecule has 0 radical (unpaired) electrons. The molecule has 2 saturated heterocycles. The molecule has 0 aromatic heterocycles. The van der Waals surface area contributed by atoms with E-state index in [-0.39, 0.29) is 23.5 Å². The van der Waals surface area contributed by atoms with E-state index in [0.717, 1.165) is 22.6 Å². The molecule has 0 saturated carbocycles. The minimum Gasteiger partial charge on any atom is -0.496 e. The molecule has 2 aromatic carbocycles. The number of benzene rings is 2. The molecule has 2 fully saturated rings. The standard InChI is InChI=1S/C24H28N4O3S/c1-27-21-19(23(29)28(2)24(27)30)22(32-15-9-12-16-10-5-4-6-11-16)26-20(25-21)17-13-7-8-14-18(17)31-3/h4-14,19-22,25-26H,15H2,1-3H3/b12-9+. The second-order valence-corrected chi connectivity index (χ2v) is 9.01. The monoisotopic (exact) mass is 452 g/mol. The second kappa shape index (κ2) is 9.77. The van der Waals surface area contributed by atoms with Gasteiger partial charge < -0.3 is 9.64 Å². The Morgan fingerprint density at radius 1 is 1.03 bits per heavy atom. The van der Waals surface area contributed by atoms with Gasteiger partial charge in [0.05, 0.1) is 30.7 Å². The van der Waals surface area contributed by atoms with Crippen LogP contribution in [0.3, 0.4) is 0 Å². The van der Waals surface area contributed by atoms with Crippen LogP contribution >= 0.6 is 11.8 Å². The number of imide groups is 1. The van der Waals surface area contributed by atoms with Gasteiger partial charge in [-0.05, 0) is 11.6 Å². The van der Waals surface area contributed by atoms with Crippen LogP contribution in [0.5, 0.6) is 5.75 Å². The summed E-state index contributed by atoms with van der Waals surface area (Å²) in [6.07, 6.45) is 3.49. The highest BCUT2D eigenvalue weighted by Gasteiger charge is 2.51. The fourth-order valence-electron chi connectivity index (χ4n) is 4.19. The average Bonchev–Trinajstić information content (AvgIpc) is 2.84. The van der Waals surface area contributed by atoms with E-state index in [1.807, 2.05) is 42.5 Å². The summed E-state index contributed by atoms with van der Waals surface area (Å²) in [5, 5.41) is 6.85. The van der Waals surface area contributed by atoms with Gasteiger partial charge in [0, 0.05) is 25.4 Å². The van der Waals surface area contributed by atoms with E-state index in [9.17, 15) is 9.59 Å². The van der Waals surface area contributed by atoms with Crippen LogP contribution in [0.4, 0.5) is 4.79 Å². The third-order valence-corrected chi connectivity index (χ3v) is 7.06. The first-order valence-electron chi connectivity index (χ1n) is 10.5. The molecule has 7 nitrogen and oxygen atoms in total. The number of carbonyl (C=O) groups excluding carboxylic acids is 2. The number of carbonyl (C=O) groups is 2. The Balaban J connectivity index is 1.58. The fourth-order valence-corrected chi connectivity index (χ4v) is 5.31. The smallest absolute Gasteiger partial charge is 0.327 e. The fraction of sp³-hybridized carbons (Fsp3) is 0.333. The lowest BCUT2D eigenvalue weighted by Gasteiger charge is -2.50. The van der Waals surface area contributed by atoms with Crippen LogP contribution in [0.2, 0.25) is 0 Å². The van der Waals surface area contributed by atoms with Gasteiger partial charge in [0.15, 0.2) is 0 Å². The largest absolute Gasteiger partial charge is 0.496 e. The maximum atomic E-state index is 13.1. The Bertz CT molecular complexity index is 1000. The minimum absolute atomic E-state index is 0.180. The lowest BCUT2D eigenvalue weighted by molar-refractivity contribution is -0.140. The van der Waals surface area contributed by atoms with E-state index >= 15 is 0 Å². The summed E-state index contributed by atoms with van der Waals surface area (Å²) < 4.78 is 5.55. The number of fused-ring (bicyclic) bond motifs is 1. The van der Waals surface area contributed by atoms with Crippen molar-refractivity contribution in [1.29, 1.82) is 0 Å². The summed E-state index contributed by atoms with van der Waals surface area (Å²) in [6.45, 7) is 0. The number of thioether (sulfide) groups is 1. The van der Waals surface area contributed by atoms with Crippen molar-refractivity contribution >= 4 is 29.8 Å². The average molecular weight is 453 g/mol. The number of methoxy groups -OCH3 is 1. The maximum absolute atomic E-state index is 13.1. The van der Waals surface area contributed by atoms with Crippen LogP contribution in [0.25, 0.3) is 6.08 Å². The molecule has 2 aliphatic rings. The Hall–Kier alpha value is -2.81. The van der Waals surface area contributed by atoms with Gasteiger partial charge in [-0.1, -0.05) is 60.7 Å². The van der Waals surface area contributed by atoms with Crippen molar-refractivity contribution in [2.24, 2.45) is 5.92 Å². The normalized spacial score (nSPS) is 25.8. The summed E-state index contributed by atoms with van der Waals surface area (Å²) in [7, 11) is 4.91. The Morgan fingerprint density at radius 2 is 1.75 bits per heavy atom. The van der Waals surface area contributed by atoms with E-state index < -0.39 is 12.1 Å². The highest BCUT2D eigenvalue weighted by molar-refractivity contribution is 8.00. The molecule has 168 valence electrons. The molecule has 0 spiro atoms. The van der Waals surface area contributed by atoms with Gasteiger partial charge in [-0.15, -0.1) is 11.8 Å². The molecule has 0 aliphatic carbocycles. The van der Waals surface area contributed by atoms with Gasteiger partial charge >= 0.3 is 6.03 Å². The third-order valence-electron chi connectivity index (χ3n) is 5.89. The first kappa shape index (κ1) is 22.4. The van der Waals surface area contributed by atoms with Gasteiger partial charge in [-0.2, -0.15) is 0 Å². The first-order chi connectivity index (χ1) is 15.5. The number of amides is 3. The van der Waals surface area contributed by atoms with Gasteiger partial charge in [0.25, 0.3) is 0 Å². The first-order valence-corrected chi connectivity index (χ1v) is 11.6. The Kier molecular flexibility index (Phi) is 6.83.